The summed E-state index contributed by atoms with van der Waals surface area (Å²) < 4.78 is 5.35. The number of nitrogens with zero attached hydrogens (tertiary/aromatic N) is 1. The molecule has 0 spiro atoms. The predicted octanol–water partition coefficient (Wildman–Crippen LogP) is 1.73. The van der Waals surface area contributed by atoms with E-state index in [1.165, 1.54) is 12.8 Å². The molecule has 0 aromatic rings. The summed E-state index contributed by atoms with van der Waals surface area (Å²) >= 11 is 0. The zero-order chi connectivity index (χ0) is 14.6. The molecule has 2 aliphatic rings. The van der Waals surface area contributed by atoms with Crippen molar-refractivity contribution in [3.63, 3.8) is 0 Å². The van der Waals surface area contributed by atoms with Crippen molar-refractivity contribution in [2.75, 3.05) is 26.2 Å². The van der Waals surface area contributed by atoms with Crippen LogP contribution in [0.4, 0.5) is 4.79 Å². The second-order valence-electron chi connectivity index (χ2n) is 6.95. The first-order chi connectivity index (χ1) is 9.44. The van der Waals surface area contributed by atoms with Crippen LogP contribution in [-0.2, 0) is 4.74 Å². The number of hydrogen-bond donors (Lipinski definition) is 2. The second kappa shape index (κ2) is 6.76. The summed E-state index contributed by atoms with van der Waals surface area (Å²) in [6.45, 7) is 10.1. The van der Waals surface area contributed by atoms with E-state index in [1.54, 1.807) is 0 Å². The fourth-order valence-electron chi connectivity index (χ4n) is 3.15. The van der Waals surface area contributed by atoms with Crippen molar-refractivity contribution < 1.29 is 9.53 Å². The highest BCUT2D eigenvalue weighted by Crippen LogP contribution is 2.23. The van der Waals surface area contributed by atoms with E-state index in [4.69, 9.17) is 4.74 Å². The number of rotatable bonds is 2. The lowest BCUT2D eigenvalue weighted by atomic mass is 9.89. The number of hydrogen-bond acceptors (Lipinski definition) is 4. The average Bonchev–Trinajstić information content (AvgIpc) is 2.38. The van der Waals surface area contributed by atoms with E-state index < -0.39 is 5.60 Å². The molecule has 2 atom stereocenters. The van der Waals surface area contributed by atoms with Gasteiger partial charge < -0.3 is 15.4 Å². The van der Waals surface area contributed by atoms with Gasteiger partial charge in [0.1, 0.15) is 5.60 Å². The lowest BCUT2D eigenvalue weighted by Gasteiger charge is -2.39. The second-order valence-corrected chi connectivity index (χ2v) is 6.95. The van der Waals surface area contributed by atoms with Gasteiger partial charge in [0, 0.05) is 38.3 Å². The zero-order valence-corrected chi connectivity index (χ0v) is 13.1. The van der Waals surface area contributed by atoms with E-state index in [0.29, 0.717) is 6.04 Å². The van der Waals surface area contributed by atoms with Gasteiger partial charge in [-0.1, -0.05) is 0 Å². The van der Waals surface area contributed by atoms with E-state index in [-0.39, 0.29) is 12.1 Å². The predicted molar refractivity (Wildman–Crippen MR) is 79.9 cm³/mol. The average molecular weight is 283 g/mol. The Balaban J connectivity index is 1.79. The van der Waals surface area contributed by atoms with Gasteiger partial charge in [0.05, 0.1) is 0 Å². The topological polar surface area (TPSA) is 53.6 Å². The zero-order valence-electron chi connectivity index (χ0n) is 13.1. The van der Waals surface area contributed by atoms with Gasteiger partial charge in [0.25, 0.3) is 0 Å². The molecule has 1 amide bonds. The van der Waals surface area contributed by atoms with Gasteiger partial charge >= 0.3 is 6.09 Å². The van der Waals surface area contributed by atoms with Crippen LogP contribution in [0.15, 0.2) is 0 Å². The molecule has 1 aliphatic carbocycles. The summed E-state index contributed by atoms with van der Waals surface area (Å²) in [6.07, 6.45) is 4.30. The third kappa shape index (κ3) is 4.94. The molecule has 2 fully saturated rings. The van der Waals surface area contributed by atoms with Gasteiger partial charge in [-0.2, -0.15) is 0 Å². The van der Waals surface area contributed by atoms with Crippen molar-refractivity contribution in [2.24, 2.45) is 0 Å². The maximum atomic E-state index is 11.9. The minimum atomic E-state index is -0.420. The van der Waals surface area contributed by atoms with Gasteiger partial charge in [0.15, 0.2) is 0 Å². The lowest BCUT2D eigenvalue weighted by molar-refractivity contribution is 0.0465. The van der Waals surface area contributed by atoms with Crippen molar-refractivity contribution >= 4 is 6.09 Å². The number of carbonyl (C=O) groups is 1. The maximum absolute atomic E-state index is 11.9. The number of ether oxygens (including phenoxy) is 1. The number of amides is 1. The maximum Gasteiger partial charge on any atom is 0.407 e. The molecule has 2 N–H and O–H groups in total. The lowest BCUT2D eigenvalue weighted by Crippen LogP contribution is -2.52. The fourth-order valence-corrected chi connectivity index (χ4v) is 3.15. The van der Waals surface area contributed by atoms with Gasteiger partial charge in [-0.05, 0) is 46.5 Å². The molecule has 5 heteroatoms. The van der Waals surface area contributed by atoms with Gasteiger partial charge in [-0.3, -0.25) is 4.90 Å². The van der Waals surface area contributed by atoms with Crippen molar-refractivity contribution in [1.29, 1.82) is 0 Å². The SMILES string of the molecule is CC(C)(C)OC(=O)N[C@@H]1CCC[C@H](N2CCNCC2)C1. The van der Waals surface area contributed by atoms with Crippen LogP contribution >= 0.6 is 0 Å². The highest BCUT2D eigenvalue weighted by Gasteiger charge is 2.29. The first-order valence-corrected chi connectivity index (χ1v) is 7.88. The van der Waals surface area contributed by atoms with Crippen LogP contribution in [0.25, 0.3) is 0 Å². The van der Waals surface area contributed by atoms with Crippen LogP contribution in [0, 0.1) is 0 Å². The van der Waals surface area contributed by atoms with Crippen LogP contribution in [0.1, 0.15) is 46.5 Å². The summed E-state index contributed by atoms with van der Waals surface area (Å²) in [5.74, 6) is 0. The Morgan fingerprint density at radius 1 is 1.25 bits per heavy atom. The highest BCUT2D eigenvalue weighted by atomic mass is 16.6. The van der Waals surface area contributed by atoms with Crippen molar-refractivity contribution in [2.45, 2.75) is 64.1 Å². The number of nitrogens with one attached hydrogen (secondary N) is 2. The van der Waals surface area contributed by atoms with Gasteiger partial charge in [0.2, 0.25) is 0 Å². The van der Waals surface area contributed by atoms with Crippen LogP contribution < -0.4 is 10.6 Å². The van der Waals surface area contributed by atoms with E-state index >= 15 is 0 Å². The monoisotopic (exact) mass is 283 g/mol. The molecule has 2 rings (SSSR count). The molecular formula is C15H29N3O2. The molecule has 5 nitrogen and oxygen atoms in total. The third-order valence-electron chi connectivity index (χ3n) is 4.04. The Morgan fingerprint density at radius 2 is 1.95 bits per heavy atom. The van der Waals surface area contributed by atoms with E-state index in [0.717, 1.165) is 39.0 Å². The summed E-state index contributed by atoms with van der Waals surface area (Å²) in [6, 6.07) is 0.879. The van der Waals surface area contributed by atoms with E-state index in [9.17, 15) is 4.79 Å². The Bertz CT molecular complexity index is 322. The van der Waals surface area contributed by atoms with Crippen LogP contribution in [0.5, 0.6) is 0 Å². The molecule has 0 aromatic heterocycles. The Kier molecular flexibility index (Phi) is 5.27. The number of alkyl carbamates (subject to hydrolysis) is 1. The molecule has 116 valence electrons. The molecule has 0 radical (unpaired) electrons. The quantitative estimate of drug-likeness (QED) is 0.810. The highest BCUT2D eigenvalue weighted by molar-refractivity contribution is 5.68. The summed E-state index contributed by atoms with van der Waals surface area (Å²) in [5, 5.41) is 6.43. The van der Waals surface area contributed by atoms with Crippen LogP contribution in [0.3, 0.4) is 0 Å². The fraction of sp³-hybridized carbons (Fsp3) is 0.933. The number of piperazine rings is 1. The molecular weight excluding hydrogens is 254 g/mol. The summed E-state index contributed by atoms with van der Waals surface area (Å²) in [5.41, 5.74) is -0.420. The van der Waals surface area contributed by atoms with Gasteiger partial charge in [-0.25, -0.2) is 4.79 Å². The molecule has 1 saturated heterocycles. The normalized spacial score (nSPS) is 28.9. The summed E-state index contributed by atoms with van der Waals surface area (Å²) in [7, 11) is 0. The first kappa shape index (κ1) is 15.6. The molecule has 1 heterocycles. The van der Waals surface area contributed by atoms with Crippen molar-refractivity contribution in [1.82, 2.24) is 15.5 Å². The Labute approximate surface area is 122 Å². The first-order valence-electron chi connectivity index (χ1n) is 7.88. The van der Waals surface area contributed by atoms with Crippen molar-refractivity contribution in [3.05, 3.63) is 0 Å². The minimum absolute atomic E-state index is 0.262. The minimum Gasteiger partial charge on any atom is -0.444 e. The molecule has 0 aromatic carbocycles. The Morgan fingerprint density at radius 3 is 2.60 bits per heavy atom. The molecule has 1 aliphatic heterocycles. The smallest absolute Gasteiger partial charge is 0.407 e. The standard InChI is InChI=1S/C15H29N3O2/c1-15(2,3)20-14(19)17-12-5-4-6-13(11-12)18-9-7-16-8-10-18/h12-13,16H,4-11H2,1-3H3,(H,17,19)/t12-,13+/m1/s1. The van der Waals surface area contributed by atoms with Crippen molar-refractivity contribution in [3.8, 4) is 0 Å². The summed E-state index contributed by atoms with van der Waals surface area (Å²) in [4.78, 5) is 14.4. The third-order valence-corrected chi connectivity index (χ3v) is 4.04. The molecule has 0 unspecified atom stereocenters. The van der Waals surface area contributed by atoms with E-state index in [2.05, 4.69) is 15.5 Å². The molecule has 0 bridgehead atoms. The molecule has 20 heavy (non-hydrogen) atoms. The van der Waals surface area contributed by atoms with Crippen LogP contribution in [0.2, 0.25) is 0 Å². The van der Waals surface area contributed by atoms with E-state index in [1.807, 2.05) is 20.8 Å². The largest absolute Gasteiger partial charge is 0.444 e. The Hall–Kier alpha value is -0.810. The van der Waals surface area contributed by atoms with Gasteiger partial charge in [-0.15, -0.1) is 0 Å². The number of carbonyl (C=O) groups excluding carboxylic acids is 1. The van der Waals surface area contributed by atoms with Crippen LogP contribution in [-0.4, -0.2) is 54.9 Å². The molecule has 1 saturated carbocycles.